The van der Waals surface area contributed by atoms with Gasteiger partial charge in [-0.3, -0.25) is 0 Å². The summed E-state index contributed by atoms with van der Waals surface area (Å²) in [5.41, 5.74) is 2.74. The third-order valence-electron chi connectivity index (χ3n) is 2.35. The molecule has 1 atom stereocenters. The lowest BCUT2D eigenvalue weighted by molar-refractivity contribution is 0.667. The van der Waals surface area contributed by atoms with E-state index in [0.29, 0.717) is 0 Å². The second kappa shape index (κ2) is 3.39. The highest BCUT2D eigenvalue weighted by molar-refractivity contribution is 9.10. The fraction of sp³-hybridized carbons (Fsp3) is 0.400. The molecule has 0 aliphatic heterocycles. The highest BCUT2D eigenvalue weighted by Crippen LogP contribution is 2.35. The number of benzene rings is 1. The van der Waals surface area contributed by atoms with Gasteiger partial charge in [-0.1, -0.05) is 22.0 Å². The molecular formula is C10H10BrCl. The summed E-state index contributed by atoms with van der Waals surface area (Å²) in [6.45, 7) is 0. The smallest absolute Gasteiger partial charge is 0.0588 e. The minimum Gasteiger partial charge on any atom is -0.118 e. The van der Waals surface area contributed by atoms with Gasteiger partial charge in [-0.25, -0.2) is 0 Å². The van der Waals surface area contributed by atoms with Gasteiger partial charge in [0, 0.05) is 4.47 Å². The molecule has 0 saturated carbocycles. The molecule has 0 amide bonds. The number of aryl methyl sites for hydroxylation is 1. The molecule has 2 rings (SSSR count). The molecule has 1 aliphatic rings. The van der Waals surface area contributed by atoms with Crippen molar-refractivity contribution in [2.24, 2.45) is 0 Å². The molecular weight excluding hydrogens is 235 g/mol. The van der Waals surface area contributed by atoms with Crippen LogP contribution in [-0.4, -0.2) is 0 Å². The van der Waals surface area contributed by atoms with E-state index >= 15 is 0 Å². The lowest BCUT2D eigenvalue weighted by atomic mass is 9.91. The van der Waals surface area contributed by atoms with Crippen LogP contribution in [-0.2, 0) is 6.42 Å². The third kappa shape index (κ3) is 1.53. The van der Waals surface area contributed by atoms with E-state index in [1.165, 1.54) is 24.0 Å². The Labute approximate surface area is 86.1 Å². The Balaban J connectivity index is 2.46. The average molecular weight is 246 g/mol. The van der Waals surface area contributed by atoms with Crippen molar-refractivity contribution in [2.45, 2.75) is 24.6 Å². The van der Waals surface area contributed by atoms with Gasteiger partial charge in [0.25, 0.3) is 0 Å². The maximum Gasteiger partial charge on any atom is 0.0588 e. The van der Waals surface area contributed by atoms with Gasteiger partial charge in [0.05, 0.1) is 5.38 Å². The third-order valence-corrected chi connectivity index (χ3v) is 3.29. The summed E-state index contributed by atoms with van der Waals surface area (Å²) < 4.78 is 1.16. The van der Waals surface area contributed by atoms with Gasteiger partial charge in [0.2, 0.25) is 0 Å². The molecule has 1 unspecified atom stereocenters. The first-order valence-corrected chi connectivity index (χ1v) is 5.43. The zero-order valence-corrected chi connectivity index (χ0v) is 9.03. The van der Waals surface area contributed by atoms with Crippen LogP contribution in [0.3, 0.4) is 0 Å². The lowest BCUT2D eigenvalue weighted by Gasteiger charge is -2.20. The van der Waals surface area contributed by atoms with Crippen molar-refractivity contribution in [3.8, 4) is 0 Å². The summed E-state index contributed by atoms with van der Waals surface area (Å²) in [6.07, 6.45) is 3.52. The van der Waals surface area contributed by atoms with Gasteiger partial charge >= 0.3 is 0 Å². The van der Waals surface area contributed by atoms with Gasteiger partial charge in [-0.2, -0.15) is 0 Å². The molecule has 12 heavy (non-hydrogen) atoms. The van der Waals surface area contributed by atoms with E-state index in [0.717, 1.165) is 10.9 Å². The van der Waals surface area contributed by atoms with E-state index in [4.69, 9.17) is 11.6 Å². The normalized spacial score (nSPS) is 22.0. The molecule has 1 aromatic carbocycles. The molecule has 0 radical (unpaired) electrons. The van der Waals surface area contributed by atoms with Crippen molar-refractivity contribution in [2.75, 3.05) is 0 Å². The van der Waals surface area contributed by atoms with E-state index in [1.807, 2.05) is 0 Å². The fourth-order valence-electron chi connectivity index (χ4n) is 1.72. The van der Waals surface area contributed by atoms with Crippen LogP contribution in [0, 0.1) is 0 Å². The summed E-state index contributed by atoms with van der Waals surface area (Å²) in [5.74, 6) is 0. The zero-order chi connectivity index (χ0) is 8.55. The van der Waals surface area contributed by atoms with E-state index < -0.39 is 0 Å². The van der Waals surface area contributed by atoms with Gasteiger partial charge < -0.3 is 0 Å². The zero-order valence-electron chi connectivity index (χ0n) is 6.69. The van der Waals surface area contributed by atoms with Gasteiger partial charge in [-0.15, -0.1) is 11.6 Å². The maximum atomic E-state index is 6.18. The molecule has 0 saturated heterocycles. The van der Waals surface area contributed by atoms with Crippen LogP contribution in [0.1, 0.15) is 29.3 Å². The molecule has 64 valence electrons. The van der Waals surface area contributed by atoms with E-state index in [1.54, 1.807) is 0 Å². The number of hydrogen-bond donors (Lipinski definition) is 0. The van der Waals surface area contributed by atoms with Gasteiger partial charge in [0.1, 0.15) is 0 Å². The first-order valence-electron chi connectivity index (χ1n) is 4.20. The monoisotopic (exact) mass is 244 g/mol. The first kappa shape index (κ1) is 8.58. The van der Waals surface area contributed by atoms with Crippen molar-refractivity contribution < 1.29 is 0 Å². The number of fused-ring (bicyclic) bond motifs is 1. The summed E-state index contributed by atoms with van der Waals surface area (Å²) in [6, 6.07) is 6.39. The van der Waals surface area contributed by atoms with Crippen molar-refractivity contribution in [3.63, 3.8) is 0 Å². The Kier molecular flexibility index (Phi) is 2.42. The number of hydrogen-bond acceptors (Lipinski definition) is 0. The highest BCUT2D eigenvalue weighted by atomic mass is 79.9. The Morgan fingerprint density at radius 2 is 2.25 bits per heavy atom. The number of alkyl halides is 1. The molecule has 0 fully saturated rings. The topological polar surface area (TPSA) is 0 Å². The van der Waals surface area contributed by atoms with E-state index in [9.17, 15) is 0 Å². The van der Waals surface area contributed by atoms with Crippen LogP contribution >= 0.6 is 27.5 Å². The molecule has 0 aromatic heterocycles. The Bertz CT molecular complexity index is 296. The summed E-state index contributed by atoms with van der Waals surface area (Å²) in [5, 5.41) is 0.238. The molecule has 0 N–H and O–H groups in total. The lowest BCUT2D eigenvalue weighted by Crippen LogP contribution is -2.04. The number of halogens is 2. The summed E-state index contributed by atoms with van der Waals surface area (Å²) in [4.78, 5) is 0. The average Bonchev–Trinajstić information content (AvgIpc) is 2.04. The molecule has 0 spiro atoms. The van der Waals surface area contributed by atoms with Gasteiger partial charge in [-0.05, 0) is 42.5 Å². The van der Waals surface area contributed by atoms with Crippen LogP contribution in [0.25, 0.3) is 0 Å². The first-order chi connectivity index (χ1) is 5.77. The summed E-state index contributed by atoms with van der Waals surface area (Å²) in [7, 11) is 0. The van der Waals surface area contributed by atoms with Crippen molar-refractivity contribution in [1.29, 1.82) is 0 Å². The SMILES string of the molecule is ClC1CCCc2cc(Br)ccc21. The predicted octanol–water partition coefficient (Wildman–Crippen LogP) is 4.07. The van der Waals surface area contributed by atoms with Crippen molar-refractivity contribution in [3.05, 3.63) is 33.8 Å². The highest BCUT2D eigenvalue weighted by Gasteiger charge is 2.17. The Hall–Kier alpha value is -0.0100. The number of rotatable bonds is 0. The Morgan fingerprint density at radius 1 is 1.42 bits per heavy atom. The standard InChI is InChI=1S/C10H10BrCl/c11-8-4-5-9-7(6-8)2-1-3-10(9)12/h4-6,10H,1-3H2. The molecule has 0 bridgehead atoms. The Morgan fingerprint density at radius 3 is 3.08 bits per heavy atom. The van der Waals surface area contributed by atoms with Crippen molar-refractivity contribution >= 4 is 27.5 Å². The summed E-state index contributed by atoms with van der Waals surface area (Å²) >= 11 is 9.65. The minimum atomic E-state index is 0.238. The maximum absolute atomic E-state index is 6.18. The van der Waals surface area contributed by atoms with E-state index in [-0.39, 0.29) is 5.38 Å². The second-order valence-electron chi connectivity index (χ2n) is 3.20. The van der Waals surface area contributed by atoms with Crippen LogP contribution in [0.2, 0.25) is 0 Å². The van der Waals surface area contributed by atoms with Crippen LogP contribution in [0.4, 0.5) is 0 Å². The second-order valence-corrected chi connectivity index (χ2v) is 4.65. The molecule has 1 aliphatic carbocycles. The minimum absolute atomic E-state index is 0.238. The van der Waals surface area contributed by atoms with Gasteiger partial charge in [0.15, 0.2) is 0 Å². The molecule has 1 aromatic rings. The molecule has 2 heteroatoms. The predicted molar refractivity (Wildman–Crippen MR) is 55.7 cm³/mol. The molecule has 0 heterocycles. The van der Waals surface area contributed by atoms with Crippen LogP contribution in [0.15, 0.2) is 22.7 Å². The van der Waals surface area contributed by atoms with Crippen molar-refractivity contribution in [1.82, 2.24) is 0 Å². The molecule has 0 nitrogen and oxygen atoms in total. The quantitative estimate of drug-likeness (QED) is 0.605. The van der Waals surface area contributed by atoms with Crippen LogP contribution < -0.4 is 0 Å². The van der Waals surface area contributed by atoms with E-state index in [2.05, 4.69) is 34.1 Å². The fourth-order valence-corrected chi connectivity index (χ4v) is 2.50. The largest absolute Gasteiger partial charge is 0.118 e. The van der Waals surface area contributed by atoms with Crippen LogP contribution in [0.5, 0.6) is 0 Å².